The molecule has 0 amide bonds. The predicted molar refractivity (Wildman–Crippen MR) is 85.2 cm³/mol. The number of rotatable bonds is 1. The maximum atomic E-state index is 11.8. The summed E-state index contributed by atoms with van der Waals surface area (Å²) in [6.45, 7) is -3.47. The van der Waals surface area contributed by atoms with Crippen LogP contribution in [0.2, 0.25) is 0 Å². The van der Waals surface area contributed by atoms with Gasteiger partial charge in [0.05, 0.1) is 12.3 Å². The van der Waals surface area contributed by atoms with Crippen molar-refractivity contribution in [2.24, 2.45) is 0 Å². The summed E-state index contributed by atoms with van der Waals surface area (Å²) in [4.78, 5) is 12.4. The molecule has 122 valence electrons. The van der Waals surface area contributed by atoms with E-state index in [0.29, 0.717) is 16.9 Å². The van der Waals surface area contributed by atoms with Crippen LogP contribution in [0.4, 0.5) is 5.82 Å². The quantitative estimate of drug-likeness (QED) is 0.313. The molecular formula is C10H13BN5O5PS. The molecule has 2 saturated heterocycles. The Morgan fingerprint density at radius 1 is 1.52 bits per heavy atom. The van der Waals surface area contributed by atoms with E-state index in [-0.39, 0.29) is 12.4 Å². The Kier molecular flexibility index (Phi) is 3.45. The Morgan fingerprint density at radius 3 is 3.09 bits per heavy atom. The summed E-state index contributed by atoms with van der Waals surface area (Å²) in [5.74, 6) is 0.237. The number of aromatic nitrogens is 4. The van der Waals surface area contributed by atoms with Crippen LogP contribution in [0.3, 0.4) is 0 Å². The molecular weight excluding hydrogens is 344 g/mol. The Bertz CT molecular complexity index is 835. The van der Waals surface area contributed by atoms with E-state index >= 15 is 0 Å². The number of nitrogens with two attached hydrogens (primary N) is 1. The number of aliphatic hydroxyl groups excluding tert-OH is 1. The number of hydrogen-bond acceptors (Lipinski definition) is 9. The molecule has 5 unspecified atom stereocenters. The number of thiol groups is 1. The average molecular weight is 357 g/mol. The molecule has 0 saturated carbocycles. The fraction of sp³-hybridized carbons (Fsp3) is 0.500. The van der Waals surface area contributed by atoms with Crippen LogP contribution in [0, 0.1) is 0 Å². The summed E-state index contributed by atoms with van der Waals surface area (Å²) >= 11 is 3.83. The largest absolute Gasteiger partial charge is 0.386 e. The van der Waals surface area contributed by atoms with Gasteiger partial charge in [0.25, 0.3) is 0 Å². The number of nitrogens with zero attached hydrogens (tertiary/aromatic N) is 4. The molecule has 0 spiro atoms. The molecule has 10 nitrogen and oxygen atoms in total. The van der Waals surface area contributed by atoms with Crippen LogP contribution in [0.15, 0.2) is 6.33 Å². The van der Waals surface area contributed by atoms with Gasteiger partial charge in [0.1, 0.15) is 30.2 Å². The monoisotopic (exact) mass is 357 g/mol. The van der Waals surface area contributed by atoms with Gasteiger partial charge in [-0.25, -0.2) is 19.5 Å². The summed E-state index contributed by atoms with van der Waals surface area (Å²) in [6, 6.07) is 0. The lowest BCUT2D eigenvalue weighted by atomic mass is 10.1. The first-order valence-corrected chi connectivity index (χ1v) is 9.51. The minimum atomic E-state index is -3.48. The molecule has 4 rings (SSSR count). The van der Waals surface area contributed by atoms with Crippen LogP contribution in [0.1, 0.15) is 6.23 Å². The summed E-state index contributed by atoms with van der Waals surface area (Å²) in [6.07, 6.45) is -1.98. The van der Waals surface area contributed by atoms with Crippen molar-refractivity contribution in [3.05, 3.63) is 6.33 Å². The Balaban J connectivity index is 1.76. The van der Waals surface area contributed by atoms with E-state index in [4.69, 9.17) is 19.5 Å². The zero-order chi connectivity index (χ0) is 16.4. The first-order valence-electron chi connectivity index (χ1n) is 6.81. The van der Waals surface area contributed by atoms with Gasteiger partial charge in [-0.15, -0.1) is 0 Å². The first-order chi connectivity index (χ1) is 10.9. The van der Waals surface area contributed by atoms with Gasteiger partial charge in [-0.3, -0.25) is 13.6 Å². The van der Waals surface area contributed by atoms with Crippen LogP contribution >= 0.6 is 19.0 Å². The molecule has 3 N–H and O–H groups in total. The van der Waals surface area contributed by atoms with Gasteiger partial charge in [-0.1, -0.05) is 12.2 Å². The Labute approximate surface area is 136 Å². The van der Waals surface area contributed by atoms with E-state index in [2.05, 4.69) is 27.2 Å². The van der Waals surface area contributed by atoms with Gasteiger partial charge in [0.15, 0.2) is 25.5 Å². The SMILES string of the molecule is Bc1nc2c(N)ncnc2n1C1OC2COP(=O)(S)OC2C1O. The number of hydrogen-bond donors (Lipinski definition) is 3. The van der Waals surface area contributed by atoms with Crippen molar-refractivity contribution >= 4 is 49.6 Å². The second-order valence-corrected chi connectivity index (χ2v) is 8.23. The molecule has 23 heavy (non-hydrogen) atoms. The molecule has 2 aliphatic rings. The number of imidazole rings is 1. The molecule has 2 aliphatic heterocycles. The molecule has 0 bridgehead atoms. The van der Waals surface area contributed by atoms with Crippen molar-refractivity contribution in [1.82, 2.24) is 19.5 Å². The number of nitrogen functional groups attached to an aromatic ring is 1. The number of ether oxygens (including phenoxy) is 1. The zero-order valence-corrected chi connectivity index (χ0v) is 13.7. The minimum Gasteiger partial charge on any atom is -0.386 e. The van der Waals surface area contributed by atoms with E-state index in [1.807, 2.05) is 0 Å². The lowest BCUT2D eigenvalue weighted by molar-refractivity contribution is -0.0550. The van der Waals surface area contributed by atoms with Gasteiger partial charge in [0.2, 0.25) is 0 Å². The van der Waals surface area contributed by atoms with Crippen molar-refractivity contribution in [1.29, 1.82) is 0 Å². The van der Waals surface area contributed by atoms with Crippen LogP contribution in [0.5, 0.6) is 0 Å². The molecule has 0 aliphatic carbocycles. The summed E-state index contributed by atoms with van der Waals surface area (Å²) in [7, 11) is 1.74. The van der Waals surface area contributed by atoms with Crippen LogP contribution < -0.4 is 11.5 Å². The van der Waals surface area contributed by atoms with Crippen molar-refractivity contribution in [3.63, 3.8) is 0 Å². The van der Waals surface area contributed by atoms with Gasteiger partial charge >= 0.3 is 6.80 Å². The van der Waals surface area contributed by atoms with E-state index < -0.39 is 31.3 Å². The Hall–Kier alpha value is -1.17. The fourth-order valence-electron chi connectivity index (χ4n) is 2.89. The number of fused-ring (bicyclic) bond motifs is 2. The fourth-order valence-corrected chi connectivity index (χ4v) is 4.38. The second-order valence-electron chi connectivity index (χ2n) is 5.35. The molecule has 4 heterocycles. The molecule has 0 radical (unpaired) electrons. The smallest absolute Gasteiger partial charge is 0.386 e. The van der Waals surface area contributed by atoms with Gasteiger partial charge in [0, 0.05) is 0 Å². The zero-order valence-electron chi connectivity index (χ0n) is 11.9. The second kappa shape index (κ2) is 5.17. The highest BCUT2D eigenvalue weighted by atomic mass is 32.7. The molecule has 0 aromatic carbocycles. The standard InChI is InChI=1S/C10H13BN5O5PS/c11-10-15-4-7(12)13-2-14-8(4)16(10)9-5(17)6-3(20-9)1-19-22(18,23)21-6/h2-3,5-6,9,17H,1,11H2,(H,18,23)(H2,12,13,14). The van der Waals surface area contributed by atoms with Crippen LogP contribution in [-0.2, 0) is 18.3 Å². The third-order valence-corrected chi connectivity index (χ3v) is 5.52. The maximum absolute atomic E-state index is 11.8. The highest BCUT2D eigenvalue weighted by Crippen LogP contribution is 2.59. The van der Waals surface area contributed by atoms with Crippen LogP contribution in [0.25, 0.3) is 11.2 Å². The lowest BCUT2D eigenvalue weighted by Crippen LogP contribution is -2.39. The van der Waals surface area contributed by atoms with E-state index in [1.54, 1.807) is 12.4 Å². The van der Waals surface area contributed by atoms with Gasteiger partial charge in [-0.2, -0.15) is 0 Å². The Morgan fingerprint density at radius 2 is 2.30 bits per heavy atom. The maximum Gasteiger partial charge on any atom is 0.386 e. The van der Waals surface area contributed by atoms with E-state index in [1.165, 1.54) is 6.33 Å². The normalized spacial score (nSPS) is 37.1. The van der Waals surface area contributed by atoms with E-state index in [0.717, 1.165) is 0 Å². The molecule has 13 heteroatoms. The predicted octanol–water partition coefficient (Wildman–Crippen LogP) is -1.62. The lowest BCUT2D eigenvalue weighted by Gasteiger charge is -2.28. The minimum absolute atomic E-state index is 0.0157. The topological polar surface area (TPSA) is 135 Å². The third-order valence-electron chi connectivity index (χ3n) is 3.90. The van der Waals surface area contributed by atoms with Crippen LogP contribution in [-0.4, -0.2) is 57.4 Å². The van der Waals surface area contributed by atoms with Gasteiger partial charge in [-0.05, 0) is 0 Å². The number of aliphatic hydroxyl groups is 1. The van der Waals surface area contributed by atoms with Crippen molar-refractivity contribution in [3.8, 4) is 0 Å². The summed E-state index contributed by atoms with van der Waals surface area (Å²) in [5, 5.41) is 10.6. The highest BCUT2D eigenvalue weighted by molar-refractivity contribution is 8.44. The summed E-state index contributed by atoms with van der Waals surface area (Å²) in [5.41, 5.74) is 7.21. The van der Waals surface area contributed by atoms with Crippen molar-refractivity contribution in [2.45, 2.75) is 24.5 Å². The first kappa shape index (κ1) is 15.4. The third kappa shape index (κ3) is 2.37. The van der Waals surface area contributed by atoms with Gasteiger partial charge < -0.3 is 15.6 Å². The highest BCUT2D eigenvalue weighted by Gasteiger charge is 2.52. The summed E-state index contributed by atoms with van der Waals surface area (Å²) < 4.78 is 29.5. The molecule has 2 fully saturated rings. The molecule has 2 aromatic rings. The molecule has 5 atom stereocenters. The van der Waals surface area contributed by atoms with Crippen molar-refractivity contribution < 1.29 is 23.5 Å². The van der Waals surface area contributed by atoms with Crippen molar-refractivity contribution in [2.75, 3.05) is 12.3 Å². The molecule has 2 aromatic heterocycles. The number of anilines is 1. The van der Waals surface area contributed by atoms with E-state index in [9.17, 15) is 9.67 Å². The average Bonchev–Trinajstić information content (AvgIpc) is 2.97.